The second kappa shape index (κ2) is 14.1. The van der Waals surface area contributed by atoms with Crippen LogP contribution in [0.15, 0.2) is 138 Å². The summed E-state index contributed by atoms with van der Waals surface area (Å²) < 4.78 is 6.28. The van der Waals surface area contributed by atoms with E-state index < -0.39 is 0 Å². The summed E-state index contributed by atoms with van der Waals surface area (Å²) in [6.45, 7) is 17.6. The van der Waals surface area contributed by atoms with E-state index in [0.29, 0.717) is 0 Å². The van der Waals surface area contributed by atoms with Gasteiger partial charge in [-0.25, -0.2) is 4.99 Å². The van der Waals surface area contributed by atoms with Crippen molar-refractivity contribution < 1.29 is 4.74 Å². The monoisotopic (exact) mass is 533 g/mol. The second-order valence-electron chi connectivity index (χ2n) is 8.74. The molecule has 0 fully saturated rings. The van der Waals surface area contributed by atoms with Crippen molar-refractivity contribution in [1.29, 1.82) is 0 Å². The Hall–Kier alpha value is -4.14. The molecule has 0 heterocycles. The number of benzene rings is 3. The molecule has 0 bridgehead atoms. The molecule has 0 aliphatic heterocycles. The van der Waals surface area contributed by atoms with Crippen molar-refractivity contribution in [3.8, 4) is 16.9 Å². The first-order valence-corrected chi connectivity index (χ1v) is 13.6. The van der Waals surface area contributed by atoms with Gasteiger partial charge in [-0.2, -0.15) is 0 Å². The minimum atomic E-state index is 0.269. The Kier molecular flexibility index (Phi) is 10.7. The van der Waals surface area contributed by atoms with Gasteiger partial charge in [0, 0.05) is 11.0 Å². The van der Waals surface area contributed by atoms with E-state index in [1.54, 1.807) is 6.08 Å². The number of hydrogen-bond acceptors (Lipinski definition) is 2. The van der Waals surface area contributed by atoms with Crippen LogP contribution in [0.2, 0.25) is 0 Å². The number of rotatable bonds is 7. The van der Waals surface area contributed by atoms with Crippen LogP contribution in [-0.4, -0.2) is 5.71 Å². The molecule has 0 atom stereocenters. The average Bonchev–Trinajstić information content (AvgIpc) is 2.97. The molecule has 0 radical (unpaired) electrons. The summed E-state index contributed by atoms with van der Waals surface area (Å²) in [6, 6.07) is 19.4. The molecule has 0 saturated carbocycles. The van der Waals surface area contributed by atoms with E-state index in [1.165, 1.54) is 0 Å². The number of aryl methyl sites for hydroxylation is 1. The zero-order valence-corrected chi connectivity index (χ0v) is 24.2. The van der Waals surface area contributed by atoms with Crippen LogP contribution in [0.25, 0.3) is 27.5 Å². The van der Waals surface area contributed by atoms with Crippen LogP contribution in [0.1, 0.15) is 38.8 Å². The Morgan fingerprint density at radius 1 is 0.949 bits per heavy atom. The highest BCUT2D eigenvalue weighted by Gasteiger charge is 2.12. The Bertz CT molecular complexity index is 1540. The van der Waals surface area contributed by atoms with Crippen molar-refractivity contribution in [3.05, 3.63) is 144 Å². The number of halogens is 1. The molecule has 0 amide bonds. The lowest BCUT2D eigenvalue weighted by Crippen LogP contribution is -2.02. The summed E-state index contributed by atoms with van der Waals surface area (Å²) in [6.07, 6.45) is 15.4. The predicted octanol–water partition coefficient (Wildman–Crippen LogP) is 10.9. The van der Waals surface area contributed by atoms with Crippen LogP contribution in [0.4, 0.5) is 0 Å². The van der Waals surface area contributed by atoms with Crippen LogP contribution in [0.3, 0.4) is 0 Å². The van der Waals surface area contributed by atoms with Gasteiger partial charge < -0.3 is 4.74 Å². The molecule has 0 aromatic heterocycles. The highest BCUT2D eigenvalue weighted by molar-refractivity contribution is 6.30. The van der Waals surface area contributed by atoms with E-state index in [0.717, 1.165) is 61.4 Å². The van der Waals surface area contributed by atoms with Gasteiger partial charge >= 0.3 is 0 Å². The maximum Gasteiger partial charge on any atom is 0.138 e. The largest absolute Gasteiger partial charge is 0.457 e. The van der Waals surface area contributed by atoms with Crippen molar-refractivity contribution >= 4 is 33.7 Å². The number of hydrogen-bond donors (Lipinski definition) is 0. The van der Waals surface area contributed by atoms with Crippen LogP contribution >= 0.6 is 11.6 Å². The molecule has 198 valence electrons. The normalized spacial score (nSPS) is 15.3. The quantitative estimate of drug-likeness (QED) is 0.168. The van der Waals surface area contributed by atoms with Crippen molar-refractivity contribution in [3.63, 3.8) is 0 Å². The molecule has 2 nitrogen and oxygen atoms in total. The Labute approximate surface area is 238 Å². The summed E-state index contributed by atoms with van der Waals surface area (Å²) in [5.41, 5.74) is 7.50. The molecule has 1 aliphatic rings. The van der Waals surface area contributed by atoms with E-state index >= 15 is 0 Å². The lowest BCUT2D eigenvalue weighted by Gasteiger charge is -2.14. The van der Waals surface area contributed by atoms with Gasteiger partial charge in [-0.1, -0.05) is 118 Å². The minimum Gasteiger partial charge on any atom is -0.457 e. The van der Waals surface area contributed by atoms with E-state index in [-0.39, 0.29) is 5.16 Å². The van der Waals surface area contributed by atoms with E-state index in [2.05, 4.69) is 92.7 Å². The highest BCUT2D eigenvalue weighted by atomic mass is 35.5. The third-order valence-corrected chi connectivity index (χ3v) is 6.35. The van der Waals surface area contributed by atoms with E-state index in [9.17, 15) is 0 Å². The lowest BCUT2D eigenvalue weighted by atomic mass is 9.93. The van der Waals surface area contributed by atoms with Gasteiger partial charge in [0.2, 0.25) is 0 Å². The summed E-state index contributed by atoms with van der Waals surface area (Å²) in [5, 5.41) is 2.48. The zero-order chi connectivity index (χ0) is 28.4. The fraction of sp³-hybridized carbons (Fsp3) is 0.139. The summed E-state index contributed by atoms with van der Waals surface area (Å²) in [5.74, 6) is 1.65. The fourth-order valence-electron chi connectivity index (χ4n) is 4.28. The first-order valence-electron chi connectivity index (χ1n) is 13.2. The molecule has 3 heteroatoms. The van der Waals surface area contributed by atoms with Gasteiger partial charge in [-0.05, 0) is 78.3 Å². The number of ether oxygens (including phenoxy) is 1. The molecular formula is C36H36ClNO. The molecule has 4 rings (SSSR count). The van der Waals surface area contributed by atoms with Gasteiger partial charge in [-0.3, -0.25) is 0 Å². The first-order chi connectivity index (χ1) is 18.9. The van der Waals surface area contributed by atoms with Gasteiger partial charge in [0.1, 0.15) is 16.7 Å². The Morgan fingerprint density at radius 2 is 1.64 bits per heavy atom. The van der Waals surface area contributed by atoms with Crippen molar-refractivity contribution in [2.45, 2.75) is 34.6 Å². The zero-order valence-electron chi connectivity index (χ0n) is 23.5. The predicted molar refractivity (Wildman–Crippen MR) is 172 cm³/mol. The topological polar surface area (TPSA) is 21.6 Å². The SMILES string of the molecule is C=C/C=C\C(=C/C)Oc1c(C)ccc2cc(-c3ccc(/C(C)=C4\C=CC=C\C4=N\C(=C)Cl)cc3)ccc12.CC. The van der Waals surface area contributed by atoms with Crippen LogP contribution in [0, 0.1) is 6.92 Å². The molecule has 0 N–H and O–H groups in total. The number of fused-ring (bicyclic) bond motifs is 1. The van der Waals surface area contributed by atoms with Crippen molar-refractivity contribution in [1.82, 2.24) is 0 Å². The van der Waals surface area contributed by atoms with E-state index in [1.807, 2.05) is 57.2 Å². The lowest BCUT2D eigenvalue weighted by molar-refractivity contribution is 0.445. The van der Waals surface area contributed by atoms with Crippen molar-refractivity contribution in [2.24, 2.45) is 4.99 Å². The summed E-state index contributed by atoms with van der Waals surface area (Å²) in [4.78, 5) is 4.38. The third-order valence-electron chi connectivity index (χ3n) is 6.27. The molecule has 3 aromatic carbocycles. The molecular weight excluding hydrogens is 498 g/mol. The maximum absolute atomic E-state index is 6.28. The maximum atomic E-state index is 6.28. The number of nitrogens with zero attached hydrogens (tertiary/aromatic N) is 1. The van der Waals surface area contributed by atoms with E-state index in [4.69, 9.17) is 16.3 Å². The Morgan fingerprint density at radius 3 is 2.31 bits per heavy atom. The highest BCUT2D eigenvalue weighted by Crippen LogP contribution is 2.34. The van der Waals surface area contributed by atoms with Gasteiger partial charge in [-0.15, -0.1) is 0 Å². The molecule has 1 aliphatic carbocycles. The summed E-state index contributed by atoms with van der Waals surface area (Å²) in [7, 11) is 0. The fourth-order valence-corrected chi connectivity index (χ4v) is 4.37. The van der Waals surface area contributed by atoms with Crippen LogP contribution in [0.5, 0.6) is 5.75 Å². The van der Waals surface area contributed by atoms with Gasteiger partial charge in [0.15, 0.2) is 0 Å². The first kappa shape index (κ1) is 29.4. The third kappa shape index (κ3) is 7.25. The van der Waals surface area contributed by atoms with Gasteiger partial charge in [0.05, 0.1) is 5.71 Å². The molecule has 0 spiro atoms. The molecule has 39 heavy (non-hydrogen) atoms. The smallest absolute Gasteiger partial charge is 0.138 e. The standard InChI is InChI=1S/C34H30ClNO.C2H6/c1-6-8-11-30(7-2)37-34-23(3)14-15-29-22-28(20-21-32(29)34)27-18-16-26(17-19-27)24(4)31-12-9-10-13-33(31)36-25(5)35;1-2/h6-22H,1,5H2,2-4H3;1-2H3/b11-8-,30-7+,31-24+,36-33-;. The Balaban J connectivity index is 0.00000205. The van der Waals surface area contributed by atoms with Crippen molar-refractivity contribution in [2.75, 3.05) is 0 Å². The second-order valence-corrected chi connectivity index (χ2v) is 9.18. The van der Waals surface area contributed by atoms with Crippen LogP contribution in [-0.2, 0) is 0 Å². The van der Waals surface area contributed by atoms with Gasteiger partial charge in [0.25, 0.3) is 0 Å². The molecule has 0 saturated heterocycles. The average molecular weight is 534 g/mol. The van der Waals surface area contributed by atoms with Crippen LogP contribution < -0.4 is 4.74 Å². The minimum absolute atomic E-state index is 0.269. The number of aliphatic imine (C=N–C) groups is 1. The number of allylic oxidation sites excluding steroid dienone is 10. The summed E-state index contributed by atoms with van der Waals surface area (Å²) >= 11 is 5.95. The molecule has 3 aromatic rings. The molecule has 0 unspecified atom stereocenters.